The van der Waals surface area contributed by atoms with Crippen LogP contribution < -0.4 is 0 Å². The number of amides is 2. The van der Waals surface area contributed by atoms with Crippen LogP contribution in [0.4, 0.5) is 0 Å². The lowest BCUT2D eigenvalue weighted by atomic mass is 10.1. The van der Waals surface area contributed by atoms with Crippen molar-refractivity contribution in [2.24, 2.45) is 0 Å². The van der Waals surface area contributed by atoms with Crippen LogP contribution in [0.1, 0.15) is 18.4 Å². The standard InChI is InChI=1S/C13H13NO2S/c15-12-5-6-13(16)14(12)8-10-7-9-3-1-2-4-11(9)17-10/h1-4,10H,5-8H2. The molecule has 4 heteroatoms. The third-order valence-corrected chi connectivity index (χ3v) is 4.56. The molecular formula is C13H13NO2S. The lowest BCUT2D eigenvalue weighted by Crippen LogP contribution is -2.35. The van der Waals surface area contributed by atoms with Gasteiger partial charge in [0.05, 0.1) is 0 Å². The third-order valence-electron chi connectivity index (χ3n) is 3.25. The zero-order valence-corrected chi connectivity index (χ0v) is 10.2. The molecule has 88 valence electrons. The Bertz CT molecular complexity index is 445. The summed E-state index contributed by atoms with van der Waals surface area (Å²) in [6.45, 7) is 0.566. The predicted octanol–water partition coefficient (Wildman–Crippen LogP) is 1.85. The summed E-state index contributed by atoms with van der Waals surface area (Å²) in [5, 5.41) is 0.332. The van der Waals surface area contributed by atoms with Gasteiger partial charge < -0.3 is 0 Å². The van der Waals surface area contributed by atoms with Crippen LogP contribution in [-0.4, -0.2) is 28.5 Å². The van der Waals surface area contributed by atoms with E-state index in [0.29, 0.717) is 24.6 Å². The average Bonchev–Trinajstić information content (AvgIpc) is 2.87. The fraction of sp³-hybridized carbons (Fsp3) is 0.385. The Hall–Kier alpha value is -1.29. The Balaban J connectivity index is 1.70. The first-order valence-corrected chi connectivity index (χ1v) is 6.70. The molecule has 1 atom stereocenters. The number of rotatable bonds is 2. The maximum Gasteiger partial charge on any atom is 0.229 e. The Morgan fingerprint density at radius 1 is 1.18 bits per heavy atom. The van der Waals surface area contributed by atoms with E-state index in [9.17, 15) is 9.59 Å². The summed E-state index contributed by atoms with van der Waals surface area (Å²) in [5.41, 5.74) is 1.33. The Morgan fingerprint density at radius 2 is 1.88 bits per heavy atom. The van der Waals surface area contributed by atoms with Crippen molar-refractivity contribution in [3.05, 3.63) is 29.8 Å². The second-order valence-electron chi connectivity index (χ2n) is 4.45. The molecule has 0 saturated carbocycles. The van der Waals surface area contributed by atoms with Crippen LogP contribution in [0.15, 0.2) is 29.2 Å². The van der Waals surface area contributed by atoms with Crippen LogP contribution >= 0.6 is 11.8 Å². The number of likely N-dealkylation sites (tertiary alicyclic amines) is 1. The minimum atomic E-state index is -0.00782. The summed E-state index contributed by atoms with van der Waals surface area (Å²) >= 11 is 1.78. The highest BCUT2D eigenvalue weighted by Gasteiger charge is 2.33. The summed E-state index contributed by atoms with van der Waals surface area (Å²) < 4.78 is 0. The molecule has 2 amide bonds. The summed E-state index contributed by atoms with van der Waals surface area (Å²) in [6.07, 6.45) is 1.74. The van der Waals surface area contributed by atoms with Gasteiger partial charge in [-0.25, -0.2) is 0 Å². The minimum Gasteiger partial charge on any atom is -0.281 e. The molecule has 1 aromatic rings. The molecule has 2 aliphatic heterocycles. The second kappa shape index (κ2) is 4.18. The topological polar surface area (TPSA) is 37.4 Å². The smallest absolute Gasteiger partial charge is 0.229 e. The van der Waals surface area contributed by atoms with Gasteiger partial charge in [0.25, 0.3) is 0 Å². The average molecular weight is 247 g/mol. The van der Waals surface area contributed by atoms with Crippen LogP contribution in [0, 0.1) is 0 Å². The molecule has 0 spiro atoms. The molecule has 1 unspecified atom stereocenters. The SMILES string of the molecule is O=C1CCC(=O)N1CC1Cc2ccccc2S1. The zero-order chi connectivity index (χ0) is 11.8. The van der Waals surface area contributed by atoms with Gasteiger partial charge in [-0.2, -0.15) is 0 Å². The van der Waals surface area contributed by atoms with E-state index < -0.39 is 0 Å². The Morgan fingerprint density at radius 3 is 2.59 bits per heavy atom. The van der Waals surface area contributed by atoms with E-state index in [2.05, 4.69) is 12.1 Å². The van der Waals surface area contributed by atoms with Crippen molar-refractivity contribution >= 4 is 23.6 Å². The first kappa shape index (κ1) is 10.8. The highest BCUT2D eigenvalue weighted by molar-refractivity contribution is 8.00. The largest absolute Gasteiger partial charge is 0.281 e. The van der Waals surface area contributed by atoms with Gasteiger partial charge in [0.2, 0.25) is 11.8 Å². The highest BCUT2D eigenvalue weighted by atomic mass is 32.2. The van der Waals surface area contributed by atoms with Gasteiger partial charge in [-0.3, -0.25) is 14.5 Å². The lowest BCUT2D eigenvalue weighted by Gasteiger charge is -2.17. The second-order valence-corrected chi connectivity index (χ2v) is 5.79. The van der Waals surface area contributed by atoms with Crippen molar-refractivity contribution in [3.8, 4) is 0 Å². The van der Waals surface area contributed by atoms with Crippen molar-refractivity contribution in [3.63, 3.8) is 0 Å². The fourth-order valence-corrected chi connectivity index (χ4v) is 3.69. The quantitative estimate of drug-likeness (QED) is 0.748. The first-order valence-electron chi connectivity index (χ1n) is 5.82. The van der Waals surface area contributed by atoms with Crippen molar-refractivity contribution in [1.82, 2.24) is 4.90 Å². The van der Waals surface area contributed by atoms with Gasteiger partial charge in [0, 0.05) is 29.5 Å². The number of fused-ring (bicyclic) bond motifs is 1. The number of thioether (sulfide) groups is 1. The van der Waals surface area contributed by atoms with E-state index >= 15 is 0 Å². The van der Waals surface area contributed by atoms with E-state index in [1.54, 1.807) is 11.8 Å². The van der Waals surface area contributed by atoms with E-state index in [0.717, 1.165) is 6.42 Å². The van der Waals surface area contributed by atoms with Gasteiger partial charge in [-0.05, 0) is 18.1 Å². The number of benzene rings is 1. The molecule has 0 aliphatic carbocycles. The number of carbonyl (C=O) groups is 2. The van der Waals surface area contributed by atoms with Crippen molar-refractivity contribution in [2.75, 3.05) is 6.54 Å². The monoisotopic (exact) mass is 247 g/mol. The Labute approximate surface area is 104 Å². The van der Waals surface area contributed by atoms with E-state index in [1.165, 1.54) is 15.4 Å². The molecule has 1 fully saturated rings. The molecule has 2 aliphatic rings. The molecule has 0 aromatic heterocycles. The highest BCUT2D eigenvalue weighted by Crippen LogP contribution is 2.37. The number of hydrogen-bond donors (Lipinski definition) is 0. The molecule has 3 rings (SSSR count). The van der Waals surface area contributed by atoms with Gasteiger partial charge in [0.15, 0.2) is 0 Å². The van der Waals surface area contributed by atoms with E-state index in [1.807, 2.05) is 12.1 Å². The number of carbonyl (C=O) groups excluding carboxylic acids is 2. The molecular weight excluding hydrogens is 234 g/mol. The maximum atomic E-state index is 11.5. The molecule has 0 N–H and O–H groups in total. The van der Waals surface area contributed by atoms with Gasteiger partial charge in [0.1, 0.15) is 0 Å². The maximum absolute atomic E-state index is 11.5. The number of hydrogen-bond acceptors (Lipinski definition) is 3. The third kappa shape index (κ3) is 1.97. The van der Waals surface area contributed by atoms with Crippen LogP contribution in [0.5, 0.6) is 0 Å². The van der Waals surface area contributed by atoms with Gasteiger partial charge in [-0.1, -0.05) is 18.2 Å². The molecule has 1 aromatic carbocycles. The Kier molecular flexibility index (Phi) is 2.67. The first-order chi connectivity index (χ1) is 8.24. The normalized spacial score (nSPS) is 23.3. The molecule has 0 bridgehead atoms. The van der Waals surface area contributed by atoms with Crippen molar-refractivity contribution in [2.45, 2.75) is 29.4 Å². The molecule has 3 nitrogen and oxygen atoms in total. The molecule has 1 saturated heterocycles. The van der Waals surface area contributed by atoms with Gasteiger partial charge >= 0.3 is 0 Å². The molecule has 0 radical (unpaired) electrons. The zero-order valence-electron chi connectivity index (χ0n) is 9.39. The predicted molar refractivity (Wildman–Crippen MR) is 65.7 cm³/mol. The van der Waals surface area contributed by atoms with Crippen LogP contribution in [0.2, 0.25) is 0 Å². The number of nitrogens with zero attached hydrogens (tertiary/aromatic N) is 1. The fourth-order valence-electron chi connectivity index (χ4n) is 2.39. The summed E-state index contributed by atoms with van der Waals surface area (Å²) in [4.78, 5) is 25.8. The summed E-state index contributed by atoms with van der Waals surface area (Å²) in [6, 6.07) is 8.29. The summed E-state index contributed by atoms with van der Waals surface area (Å²) in [5.74, 6) is -0.0156. The van der Waals surface area contributed by atoms with Crippen LogP contribution in [0.25, 0.3) is 0 Å². The molecule has 17 heavy (non-hydrogen) atoms. The van der Waals surface area contributed by atoms with Gasteiger partial charge in [-0.15, -0.1) is 11.8 Å². The van der Waals surface area contributed by atoms with Crippen molar-refractivity contribution < 1.29 is 9.59 Å². The van der Waals surface area contributed by atoms with Crippen LogP contribution in [0.3, 0.4) is 0 Å². The number of imide groups is 1. The minimum absolute atomic E-state index is 0.00782. The molecule has 2 heterocycles. The van der Waals surface area contributed by atoms with E-state index in [4.69, 9.17) is 0 Å². The van der Waals surface area contributed by atoms with E-state index in [-0.39, 0.29) is 11.8 Å². The van der Waals surface area contributed by atoms with Crippen LogP contribution in [-0.2, 0) is 16.0 Å². The lowest BCUT2D eigenvalue weighted by molar-refractivity contribution is -0.138. The summed E-state index contributed by atoms with van der Waals surface area (Å²) in [7, 11) is 0. The van der Waals surface area contributed by atoms with Crippen molar-refractivity contribution in [1.29, 1.82) is 0 Å².